The number of rotatable bonds is 3. The van der Waals surface area contributed by atoms with Crippen LogP contribution in [0.2, 0.25) is 0 Å². The highest BCUT2D eigenvalue weighted by atomic mass is 19.3. The van der Waals surface area contributed by atoms with Crippen LogP contribution in [0.4, 0.5) is 18.9 Å². The summed E-state index contributed by atoms with van der Waals surface area (Å²) in [6.07, 6.45) is -2.62. The Balaban J connectivity index is 2.88. The lowest BCUT2D eigenvalue weighted by Crippen LogP contribution is -2.31. The van der Waals surface area contributed by atoms with Gasteiger partial charge >= 0.3 is 0 Å². The van der Waals surface area contributed by atoms with Crippen molar-refractivity contribution in [3.8, 4) is 0 Å². The lowest BCUT2D eigenvalue weighted by atomic mass is 10.1. The number of anilines is 1. The molecule has 1 aromatic rings. The van der Waals surface area contributed by atoms with Crippen LogP contribution >= 0.6 is 0 Å². The second-order valence-corrected chi connectivity index (χ2v) is 3.31. The number of hydrogen-bond acceptors (Lipinski definition) is 2. The zero-order chi connectivity index (χ0) is 12.3. The van der Waals surface area contributed by atoms with E-state index in [-0.39, 0.29) is 11.3 Å². The van der Waals surface area contributed by atoms with Crippen molar-refractivity contribution in [2.45, 2.75) is 6.43 Å². The largest absolute Gasteiger partial charge is 0.398 e. The first-order valence-electron chi connectivity index (χ1n) is 4.50. The zero-order valence-electron chi connectivity index (χ0n) is 8.58. The number of nitrogens with zero attached hydrogens (tertiary/aromatic N) is 1. The Bertz CT molecular complexity index is 396. The molecule has 0 saturated carbocycles. The lowest BCUT2D eigenvalue weighted by Gasteiger charge is -2.17. The van der Waals surface area contributed by atoms with E-state index in [1.807, 2.05) is 0 Å². The van der Waals surface area contributed by atoms with Crippen molar-refractivity contribution in [2.75, 3.05) is 19.3 Å². The maximum absolute atomic E-state index is 12.7. The summed E-state index contributed by atoms with van der Waals surface area (Å²) in [7, 11) is 1.23. The molecule has 0 aromatic heterocycles. The van der Waals surface area contributed by atoms with Crippen molar-refractivity contribution in [2.24, 2.45) is 0 Å². The smallest absolute Gasteiger partial charge is 0.255 e. The summed E-state index contributed by atoms with van der Waals surface area (Å²) < 4.78 is 36.8. The van der Waals surface area contributed by atoms with E-state index in [0.29, 0.717) is 0 Å². The normalized spacial score (nSPS) is 10.6. The first kappa shape index (κ1) is 12.4. The van der Waals surface area contributed by atoms with E-state index in [4.69, 9.17) is 5.73 Å². The Morgan fingerprint density at radius 1 is 1.50 bits per heavy atom. The average molecular weight is 232 g/mol. The van der Waals surface area contributed by atoms with Gasteiger partial charge in [0.1, 0.15) is 5.82 Å². The van der Waals surface area contributed by atoms with Crippen molar-refractivity contribution in [1.82, 2.24) is 4.90 Å². The third-order valence-electron chi connectivity index (χ3n) is 2.00. The molecular formula is C10H11F3N2O. The quantitative estimate of drug-likeness (QED) is 0.807. The molecule has 1 aromatic carbocycles. The van der Waals surface area contributed by atoms with Gasteiger partial charge in [0.25, 0.3) is 12.3 Å². The van der Waals surface area contributed by atoms with Crippen LogP contribution in [0.1, 0.15) is 10.4 Å². The van der Waals surface area contributed by atoms with E-state index >= 15 is 0 Å². The zero-order valence-corrected chi connectivity index (χ0v) is 8.58. The topological polar surface area (TPSA) is 46.3 Å². The van der Waals surface area contributed by atoms with Gasteiger partial charge in [-0.15, -0.1) is 0 Å². The van der Waals surface area contributed by atoms with Crippen LogP contribution in [-0.2, 0) is 0 Å². The average Bonchev–Trinajstić information content (AvgIpc) is 2.15. The Labute approximate surface area is 90.6 Å². The van der Waals surface area contributed by atoms with Crippen LogP contribution < -0.4 is 5.73 Å². The van der Waals surface area contributed by atoms with Gasteiger partial charge < -0.3 is 10.6 Å². The molecule has 6 heteroatoms. The second-order valence-electron chi connectivity index (χ2n) is 3.31. The summed E-state index contributed by atoms with van der Waals surface area (Å²) in [5, 5.41) is 0. The standard InChI is InChI=1S/C10H11F3N2O/c1-15(5-9(12)13)10(16)7-3-2-6(11)4-8(7)14/h2-4,9H,5,14H2,1H3. The van der Waals surface area contributed by atoms with Crippen LogP contribution in [0.3, 0.4) is 0 Å². The summed E-state index contributed by atoms with van der Waals surface area (Å²) >= 11 is 0. The molecule has 0 unspecified atom stereocenters. The summed E-state index contributed by atoms with van der Waals surface area (Å²) in [6.45, 7) is -0.685. The van der Waals surface area contributed by atoms with E-state index in [9.17, 15) is 18.0 Å². The van der Waals surface area contributed by atoms with E-state index in [1.54, 1.807) is 0 Å². The van der Waals surface area contributed by atoms with E-state index < -0.39 is 24.7 Å². The van der Waals surface area contributed by atoms with Crippen molar-refractivity contribution < 1.29 is 18.0 Å². The van der Waals surface area contributed by atoms with E-state index in [1.165, 1.54) is 13.1 Å². The van der Waals surface area contributed by atoms with Crippen LogP contribution in [0, 0.1) is 5.82 Å². The van der Waals surface area contributed by atoms with Gasteiger partial charge in [-0.2, -0.15) is 0 Å². The number of benzene rings is 1. The molecule has 0 atom stereocenters. The molecule has 0 bridgehead atoms. The molecule has 0 heterocycles. The number of hydrogen-bond donors (Lipinski definition) is 1. The minimum atomic E-state index is -2.62. The molecule has 0 aliphatic carbocycles. The van der Waals surface area contributed by atoms with Gasteiger partial charge in [0.05, 0.1) is 12.1 Å². The predicted molar refractivity (Wildman–Crippen MR) is 53.8 cm³/mol. The molecule has 0 fully saturated rings. The number of amides is 1. The van der Waals surface area contributed by atoms with Gasteiger partial charge in [-0.05, 0) is 18.2 Å². The molecule has 3 nitrogen and oxygen atoms in total. The van der Waals surface area contributed by atoms with E-state index in [2.05, 4.69) is 0 Å². The molecule has 0 radical (unpaired) electrons. The van der Waals surface area contributed by atoms with Gasteiger partial charge in [0.2, 0.25) is 0 Å². The van der Waals surface area contributed by atoms with Gasteiger partial charge in [-0.25, -0.2) is 13.2 Å². The molecule has 88 valence electrons. The van der Waals surface area contributed by atoms with Crippen LogP contribution in [0.25, 0.3) is 0 Å². The Morgan fingerprint density at radius 2 is 2.12 bits per heavy atom. The minimum absolute atomic E-state index is 0.0181. The molecular weight excluding hydrogens is 221 g/mol. The van der Waals surface area contributed by atoms with Gasteiger partial charge in [0, 0.05) is 12.7 Å². The Morgan fingerprint density at radius 3 is 2.62 bits per heavy atom. The highest BCUT2D eigenvalue weighted by Crippen LogP contribution is 2.15. The Hall–Kier alpha value is -1.72. The summed E-state index contributed by atoms with van der Waals surface area (Å²) in [5.41, 5.74) is 5.37. The molecule has 0 aliphatic heterocycles. The van der Waals surface area contributed by atoms with Crippen LogP contribution in [0.5, 0.6) is 0 Å². The van der Waals surface area contributed by atoms with Gasteiger partial charge in [0.15, 0.2) is 0 Å². The summed E-state index contributed by atoms with van der Waals surface area (Å²) in [4.78, 5) is 12.4. The lowest BCUT2D eigenvalue weighted by molar-refractivity contribution is 0.0621. The minimum Gasteiger partial charge on any atom is -0.398 e. The summed E-state index contributed by atoms with van der Waals surface area (Å²) in [6, 6.07) is 3.21. The first-order chi connectivity index (χ1) is 7.41. The molecule has 0 aliphatic rings. The SMILES string of the molecule is CN(CC(F)F)C(=O)c1ccc(F)cc1N. The highest BCUT2D eigenvalue weighted by molar-refractivity contribution is 5.98. The fraction of sp³-hybridized carbons (Fsp3) is 0.300. The highest BCUT2D eigenvalue weighted by Gasteiger charge is 2.17. The maximum Gasteiger partial charge on any atom is 0.255 e. The molecule has 0 spiro atoms. The molecule has 0 saturated heterocycles. The fourth-order valence-corrected chi connectivity index (χ4v) is 1.22. The number of nitrogen functional groups attached to an aromatic ring is 1. The molecule has 16 heavy (non-hydrogen) atoms. The van der Waals surface area contributed by atoms with Crippen LogP contribution in [-0.4, -0.2) is 30.8 Å². The Kier molecular flexibility index (Phi) is 3.76. The van der Waals surface area contributed by atoms with Crippen molar-refractivity contribution in [1.29, 1.82) is 0 Å². The molecule has 1 amide bonds. The van der Waals surface area contributed by atoms with Crippen molar-refractivity contribution in [3.63, 3.8) is 0 Å². The maximum atomic E-state index is 12.7. The number of alkyl halides is 2. The van der Waals surface area contributed by atoms with Crippen molar-refractivity contribution in [3.05, 3.63) is 29.6 Å². The molecule has 2 N–H and O–H groups in total. The fourth-order valence-electron chi connectivity index (χ4n) is 1.22. The van der Waals surface area contributed by atoms with Crippen molar-refractivity contribution >= 4 is 11.6 Å². The van der Waals surface area contributed by atoms with Gasteiger partial charge in [-0.1, -0.05) is 0 Å². The summed E-state index contributed by atoms with van der Waals surface area (Å²) in [5.74, 6) is -1.23. The molecule has 1 rings (SSSR count). The number of carbonyl (C=O) groups excluding carboxylic acids is 1. The third-order valence-corrected chi connectivity index (χ3v) is 2.00. The van der Waals surface area contributed by atoms with Gasteiger partial charge in [-0.3, -0.25) is 4.79 Å². The van der Waals surface area contributed by atoms with Crippen LogP contribution in [0.15, 0.2) is 18.2 Å². The number of nitrogens with two attached hydrogens (primary N) is 1. The first-order valence-corrected chi connectivity index (χ1v) is 4.50. The second kappa shape index (κ2) is 4.87. The third kappa shape index (κ3) is 2.88. The monoisotopic (exact) mass is 232 g/mol. The number of carbonyl (C=O) groups is 1. The van der Waals surface area contributed by atoms with E-state index in [0.717, 1.165) is 17.0 Å². The predicted octanol–water partition coefficient (Wildman–Crippen LogP) is 1.75. The number of halogens is 3.